The molecule has 2 rings (SSSR count). The molecule has 0 bridgehead atoms. The molecule has 0 saturated heterocycles. The molecule has 0 fully saturated rings. The molecule has 0 aromatic carbocycles. The van der Waals surface area contributed by atoms with E-state index in [0.29, 0.717) is 0 Å². The van der Waals surface area contributed by atoms with Gasteiger partial charge in [0.05, 0.1) is 0 Å². The van der Waals surface area contributed by atoms with Gasteiger partial charge in [-0.3, -0.25) is 0 Å². The number of nitrogens with one attached hydrogen (secondary N) is 1. The van der Waals surface area contributed by atoms with Crippen LogP contribution in [0, 0.1) is 6.92 Å². The molecule has 2 aromatic rings. The van der Waals surface area contributed by atoms with Crippen molar-refractivity contribution < 1.29 is 0 Å². The van der Waals surface area contributed by atoms with Crippen molar-refractivity contribution in [1.29, 1.82) is 0 Å². The maximum Gasteiger partial charge on any atom is 0.128 e. The molecule has 0 amide bonds. The van der Waals surface area contributed by atoms with Gasteiger partial charge in [-0.05, 0) is 43.0 Å². The van der Waals surface area contributed by atoms with Crippen LogP contribution in [0.3, 0.4) is 0 Å². The van der Waals surface area contributed by atoms with E-state index in [4.69, 9.17) is 4.98 Å². The van der Waals surface area contributed by atoms with Gasteiger partial charge in [0.15, 0.2) is 0 Å². The molecular weight excluding hydrogens is 266 g/mol. The van der Waals surface area contributed by atoms with Crippen LogP contribution in [0.2, 0.25) is 0 Å². The highest BCUT2D eigenvalue weighted by Crippen LogP contribution is 2.15. The Morgan fingerprint density at radius 3 is 2.80 bits per heavy atom. The first-order valence-corrected chi connectivity index (χ1v) is 7.99. The lowest BCUT2D eigenvalue weighted by Gasteiger charge is -2.19. The number of rotatable bonds is 7. The predicted molar refractivity (Wildman–Crippen MR) is 87.6 cm³/mol. The van der Waals surface area contributed by atoms with Crippen LogP contribution in [-0.4, -0.2) is 25.1 Å². The van der Waals surface area contributed by atoms with Crippen molar-refractivity contribution in [2.45, 2.75) is 26.8 Å². The molecule has 2 aromatic heterocycles. The molecule has 0 aliphatic carbocycles. The Kier molecular flexibility index (Phi) is 5.56. The molecule has 0 spiro atoms. The van der Waals surface area contributed by atoms with Gasteiger partial charge in [-0.1, -0.05) is 19.1 Å². The summed E-state index contributed by atoms with van der Waals surface area (Å²) in [6.45, 7) is 7.09. The molecule has 4 heteroatoms. The predicted octanol–water partition coefficient (Wildman–Crippen LogP) is 3.24. The topological polar surface area (TPSA) is 28.2 Å². The molecule has 3 nitrogen and oxygen atoms in total. The molecule has 0 radical (unpaired) electrons. The number of likely N-dealkylation sites (N-methyl/N-ethyl adjacent to an activating group) is 1. The number of aromatic nitrogens is 1. The van der Waals surface area contributed by atoms with Crippen LogP contribution in [-0.2, 0) is 13.0 Å². The van der Waals surface area contributed by atoms with Crippen LogP contribution in [0.4, 0.5) is 5.82 Å². The summed E-state index contributed by atoms with van der Waals surface area (Å²) in [5.74, 6) is 1.05. The van der Waals surface area contributed by atoms with Crippen LogP contribution in [0.1, 0.15) is 23.1 Å². The van der Waals surface area contributed by atoms with Gasteiger partial charge < -0.3 is 10.2 Å². The van der Waals surface area contributed by atoms with Crippen molar-refractivity contribution in [3.05, 3.63) is 45.8 Å². The van der Waals surface area contributed by atoms with Gasteiger partial charge >= 0.3 is 0 Å². The number of pyridine rings is 1. The van der Waals surface area contributed by atoms with Gasteiger partial charge in [0.2, 0.25) is 0 Å². The highest BCUT2D eigenvalue weighted by Gasteiger charge is 2.06. The van der Waals surface area contributed by atoms with Gasteiger partial charge in [-0.25, -0.2) is 4.98 Å². The number of anilines is 1. The minimum absolute atomic E-state index is 0.897. The molecule has 0 atom stereocenters. The summed E-state index contributed by atoms with van der Waals surface area (Å²) in [6.07, 6.45) is 1.08. The van der Waals surface area contributed by atoms with E-state index in [1.807, 2.05) is 11.3 Å². The lowest BCUT2D eigenvalue weighted by Crippen LogP contribution is -2.22. The third kappa shape index (κ3) is 4.05. The van der Waals surface area contributed by atoms with Crippen molar-refractivity contribution in [3.8, 4) is 0 Å². The van der Waals surface area contributed by atoms with Gasteiger partial charge in [0.25, 0.3) is 0 Å². The summed E-state index contributed by atoms with van der Waals surface area (Å²) >= 11 is 1.82. The van der Waals surface area contributed by atoms with E-state index in [1.54, 1.807) is 0 Å². The molecule has 0 unspecified atom stereocenters. The third-order valence-electron chi connectivity index (χ3n) is 3.41. The summed E-state index contributed by atoms with van der Waals surface area (Å²) in [5.41, 5.74) is 2.40. The Morgan fingerprint density at radius 1 is 1.30 bits per heavy atom. The van der Waals surface area contributed by atoms with E-state index in [1.165, 1.54) is 10.4 Å². The van der Waals surface area contributed by atoms with Gasteiger partial charge in [0.1, 0.15) is 5.82 Å². The smallest absolute Gasteiger partial charge is 0.128 e. The SMILES string of the molecule is CCNCc1ccc(N(C)CCc2cccs2)nc1C. The Bertz CT molecular complexity index is 523. The molecular formula is C16H23N3S. The fourth-order valence-corrected chi connectivity index (χ4v) is 2.78. The van der Waals surface area contributed by atoms with E-state index in [0.717, 1.165) is 37.6 Å². The second-order valence-electron chi connectivity index (χ2n) is 4.95. The zero-order valence-electron chi connectivity index (χ0n) is 12.5. The first-order valence-electron chi connectivity index (χ1n) is 7.11. The Hall–Kier alpha value is -1.39. The Morgan fingerprint density at radius 2 is 2.15 bits per heavy atom. The highest BCUT2D eigenvalue weighted by atomic mass is 32.1. The lowest BCUT2D eigenvalue weighted by molar-refractivity contribution is 0.719. The Balaban J connectivity index is 1.95. The summed E-state index contributed by atoms with van der Waals surface area (Å²) in [5, 5.41) is 5.48. The van der Waals surface area contributed by atoms with E-state index in [2.05, 4.69) is 60.8 Å². The van der Waals surface area contributed by atoms with Crippen molar-refractivity contribution in [3.63, 3.8) is 0 Å². The third-order valence-corrected chi connectivity index (χ3v) is 4.35. The maximum absolute atomic E-state index is 4.72. The second-order valence-corrected chi connectivity index (χ2v) is 5.98. The van der Waals surface area contributed by atoms with E-state index < -0.39 is 0 Å². The number of hydrogen-bond donors (Lipinski definition) is 1. The van der Waals surface area contributed by atoms with Gasteiger partial charge in [-0.2, -0.15) is 0 Å². The molecule has 1 N–H and O–H groups in total. The molecule has 2 heterocycles. The summed E-state index contributed by atoms with van der Waals surface area (Å²) in [7, 11) is 2.11. The van der Waals surface area contributed by atoms with Crippen LogP contribution in [0.25, 0.3) is 0 Å². The zero-order valence-corrected chi connectivity index (χ0v) is 13.3. The zero-order chi connectivity index (χ0) is 14.4. The monoisotopic (exact) mass is 289 g/mol. The summed E-state index contributed by atoms with van der Waals surface area (Å²) in [4.78, 5) is 8.37. The summed E-state index contributed by atoms with van der Waals surface area (Å²) < 4.78 is 0. The van der Waals surface area contributed by atoms with Crippen molar-refractivity contribution >= 4 is 17.2 Å². The minimum Gasteiger partial charge on any atom is -0.359 e. The fourth-order valence-electron chi connectivity index (χ4n) is 2.08. The second kappa shape index (κ2) is 7.41. The molecule has 0 aliphatic heterocycles. The highest BCUT2D eigenvalue weighted by molar-refractivity contribution is 7.09. The Labute approximate surface area is 125 Å². The van der Waals surface area contributed by atoms with E-state index >= 15 is 0 Å². The lowest BCUT2D eigenvalue weighted by atomic mass is 10.2. The largest absolute Gasteiger partial charge is 0.359 e. The maximum atomic E-state index is 4.72. The number of thiophene rings is 1. The van der Waals surface area contributed by atoms with Crippen molar-refractivity contribution in [1.82, 2.24) is 10.3 Å². The molecule has 0 aliphatic rings. The van der Waals surface area contributed by atoms with Crippen LogP contribution >= 0.6 is 11.3 Å². The molecule has 0 saturated carbocycles. The molecule has 108 valence electrons. The first kappa shape index (κ1) is 15.0. The van der Waals surface area contributed by atoms with E-state index in [9.17, 15) is 0 Å². The summed E-state index contributed by atoms with van der Waals surface area (Å²) in [6, 6.07) is 8.60. The standard InChI is InChI=1S/C16H23N3S/c1-4-17-12-14-7-8-16(18-13(14)2)19(3)10-9-15-6-5-11-20-15/h5-8,11,17H,4,9-10,12H2,1-3H3. The first-order chi connectivity index (χ1) is 9.70. The average molecular weight is 289 g/mol. The van der Waals surface area contributed by atoms with Crippen LogP contribution in [0.5, 0.6) is 0 Å². The van der Waals surface area contributed by atoms with Crippen LogP contribution < -0.4 is 10.2 Å². The van der Waals surface area contributed by atoms with E-state index in [-0.39, 0.29) is 0 Å². The number of hydrogen-bond acceptors (Lipinski definition) is 4. The normalized spacial score (nSPS) is 10.8. The van der Waals surface area contributed by atoms with Crippen molar-refractivity contribution in [2.75, 3.05) is 25.0 Å². The van der Waals surface area contributed by atoms with Crippen molar-refractivity contribution in [2.24, 2.45) is 0 Å². The fraction of sp³-hybridized carbons (Fsp3) is 0.438. The number of nitrogens with zero attached hydrogens (tertiary/aromatic N) is 2. The van der Waals surface area contributed by atoms with Gasteiger partial charge in [-0.15, -0.1) is 11.3 Å². The quantitative estimate of drug-likeness (QED) is 0.848. The van der Waals surface area contributed by atoms with Gasteiger partial charge in [0, 0.05) is 30.7 Å². The minimum atomic E-state index is 0.897. The van der Waals surface area contributed by atoms with Crippen LogP contribution in [0.15, 0.2) is 29.6 Å². The number of aryl methyl sites for hydroxylation is 1. The molecule has 20 heavy (non-hydrogen) atoms. The average Bonchev–Trinajstić information content (AvgIpc) is 2.96.